The molecule has 4 aromatic rings. The Morgan fingerprint density at radius 2 is 1.42 bits per heavy atom. The second-order valence-electron chi connectivity index (χ2n) is 14.9. The van der Waals surface area contributed by atoms with Crippen LogP contribution in [-0.4, -0.2) is 60.4 Å². The zero-order valence-electron chi connectivity index (χ0n) is 34.5. The van der Waals surface area contributed by atoms with Gasteiger partial charge in [0.1, 0.15) is 34.8 Å². The summed E-state index contributed by atoms with van der Waals surface area (Å²) in [7, 11) is -4.27. The van der Waals surface area contributed by atoms with E-state index in [0.717, 1.165) is 62.8 Å². The van der Waals surface area contributed by atoms with Crippen molar-refractivity contribution in [3.63, 3.8) is 0 Å². The molecule has 0 bridgehead atoms. The third kappa shape index (κ3) is 23.0. The molecule has 320 valence electrons. The average molecular weight is 834 g/mol. The van der Waals surface area contributed by atoms with E-state index in [0.29, 0.717) is 17.5 Å². The number of ether oxygens (including phenoxy) is 3. The Morgan fingerprint density at radius 1 is 0.789 bits per heavy atom. The fourth-order valence-electron chi connectivity index (χ4n) is 6.20. The van der Waals surface area contributed by atoms with E-state index >= 15 is 0 Å². The normalized spacial score (nSPS) is 12.6. The predicted octanol–water partition coefficient (Wildman–Crippen LogP) is 9.71. The molecule has 2 unspecified atom stereocenters. The van der Waals surface area contributed by atoms with Crippen LogP contribution in [0.1, 0.15) is 140 Å². The molecular formula is C43H67N3O9S2. The van der Waals surface area contributed by atoms with Gasteiger partial charge in [-0.05, 0) is 55.6 Å². The minimum absolute atomic E-state index is 0.178. The lowest BCUT2D eigenvalue weighted by Gasteiger charge is -2.18. The number of aryl methyl sites for hydroxylation is 4. The number of nitrogens with zero attached hydrogens (tertiary/aromatic N) is 3. The van der Waals surface area contributed by atoms with Crippen molar-refractivity contribution >= 4 is 21.5 Å². The van der Waals surface area contributed by atoms with Gasteiger partial charge in [0, 0.05) is 25.0 Å². The molecule has 4 rings (SSSR count). The molecular weight excluding hydrogens is 767 g/mol. The van der Waals surface area contributed by atoms with E-state index in [1.54, 1.807) is 29.5 Å². The van der Waals surface area contributed by atoms with E-state index < -0.39 is 22.3 Å². The van der Waals surface area contributed by atoms with Gasteiger partial charge in [0.15, 0.2) is 12.3 Å². The average Bonchev–Trinajstić information content (AvgIpc) is 3.97. The summed E-state index contributed by atoms with van der Waals surface area (Å²) in [6.45, 7) is 7.65. The van der Waals surface area contributed by atoms with E-state index in [1.165, 1.54) is 89.2 Å². The molecule has 3 aromatic heterocycles. The van der Waals surface area contributed by atoms with Gasteiger partial charge < -0.3 is 32.9 Å². The highest BCUT2D eigenvalue weighted by Crippen LogP contribution is 2.18. The molecule has 0 aliphatic rings. The summed E-state index contributed by atoms with van der Waals surface area (Å²) < 4.78 is 61.7. The van der Waals surface area contributed by atoms with Gasteiger partial charge in [-0.3, -0.25) is 0 Å². The number of benzene rings is 1. The highest BCUT2D eigenvalue weighted by Gasteiger charge is 2.17. The second kappa shape index (κ2) is 29.0. The third-order valence-electron chi connectivity index (χ3n) is 9.53. The summed E-state index contributed by atoms with van der Waals surface area (Å²) in [4.78, 5) is -0.178. The standard InChI is InChI=1S/C36H60N3O6S.C7H8O3S/c1-3-4-5-6-7-8-9-10-11-12-13-14-18-21-33-26-35(37-45-33)42-29-34(43-36-25-31(2)44-38-36)28-41-27-32(40)20-17-15-16-19-22-39-23-24-46-30-39;1-6-2-4-7(5-3-6)11(8,9)10/h23-26,30,32,34,40H,3-22,27-29H2,1-2H3;2-5H,1H3,(H,8,9,10)/q+1;/p-1. The number of aromatic nitrogens is 3. The lowest BCUT2D eigenvalue weighted by molar-refractivity contribution is -0.692. The number of aliphatic hydroxyl groups excluding tert-OH is 1. The molecule has 12 nitrogen and oxygen atoms in total. The molecule has 0 aliphatic heterocycles. The van der Waals surface area contributed by atoms with Crippen molar-refractivity contribution in [2.75, 3.05) is 19.8 Å². The van der Waals surface area contributed by atoms with Gasteiger partial charge in [-0.1, -0.05) is 126 Å². The zero-order chi connectivity index (χ0) is 41.0. The highest BCUT2D eigenvalue weighted by molar-refractivity contribution is 7.85. The highest BCUT2D eigenvalue weighted by atomic mass is 32.2. The number of rotatable bonds is 31. The predicted molar refractivity (Wildman–Crippen MR) is 221 cm³/mol. The van der Waals surface area contributed by atoms with Crippen LogP contribution in [0.5, 0.6) is 11.8 Å². The van der Waals surface area contributed by atoms with Crippen LogP contribution in [0.2, 0.25) is 0 Å². The lowest BCUT2D eigenvalue weighted by Crippen LogP contribution is -2.31. The first-order chi connectivity index (χ1) is 27.6. The summed E-state index contributed by atoms with van der Waals surface area (Å²) in [5.74, 6) is 2.31. The topological polar surface area (TPSA) is 161 Å². The molecule has 0 saturated carbocycles. The van der Waals surface area contributed by atoms with Crippen molar-refractivity contribution in [2.45, 2.75) is 166 Å². The maximum atomic E-state index is 10.4. The number of aliphatic hydroxyl groups is 1. The first kappa shape index (κ1) is 48.1. The Hall–Kier alpha value is -3.30. The molecule has 0 amide bonds. The van der Waals surface area contributed by atoms with E-state index in [9.17, 15) is 18.1 Å². The van der Waals surface area contributed by atoms with Gasteiger partial charge in [-0.25, -0.2) is 8.42 Å². The summed E-state index contributed by atoms with van der Waals surface area (Å²) in [5.41, 5.74) is 3.06. The van der Waals surface area contributed by atoms with Crippen LogP contribution in [0.3, 0.4) is 0 Å². The Balaban J connectivity index is 0.000000679. The largest absolute Gasteiger partial charge is 0.744 e. The Bertz CT molecular complexity index is 1660. The summed E-state index contributed by atoms with van der Waals surface area (Å²) in [6.07, 6.45) is 24.5. The smallest absolute Gasteiger partial charge is 0.254 e. The monoisotopic (exact) mass is 833 g/mol. The molecule has 2 atom stereocenters. The second-order valence-corrected chi connectivity index (χ2v) is 17.0. The van der Waals surface area contributed by atoms with Crippen LogP contribution < -0.4 is 14.0 Å². The summed E-state index contributed by atoms with van der Waals surface area (Å²) in [6, 6.07) is 9.37. The van der Waals surface area contributed by atoms with Gasteiger partial charge in [0.05, 0.1) is 29.6 Å². The SMILES string of the molecule is CCCCCCCCCCCCCCCc1cc(OCC(COCC(O)CCCCCC[n+]2ccsc2)Oc2cc(C)on2)no1.Cc1ccc(S(=O)(=O)[O-])cc1. The maximum absolute atomic E-state index is 10.4. The molecule has 1 N–H and O–H groups in total. The van der Waals surface area contributed by atoms with Crippen LogP contribution in [-0.2, 0) is 27.8 Å². The van der Waals surface area contributed by atoms with Crippen molar-refractivity contribution in [3.05, 3.63) is 70.6 Å². The molecule has 3 heterocycles. The Kier molecular flexibility index (Phi) is 24.5. The van der Waals surface area contributed by atoms with Gasteiger partial charge in [-0.2, -0.15) is 4.57 Å². The van der Waals surface area contributed by atoms with Crippen molar-refractivity contribution < 1.29 is 45.9 Å². The molecule has 0 saturated heterocycles. The molecule has 0 fully saturated rings. The molecule has 57 heavy (non-hydrogen) atoms. The quantitative estimate of drug-likeness (QED) is 0.0292. The Morgan fingerprint density at radius 3 is 2.04 bits per heavy atom. The minimum atomic E-state index is -4.27. The summed E-state index contributed by atoms with van der Waals surface area (Å²) >= 11 is 1.72. The fraction of sp³-hybridized carbons (Fsp3) is 0.651. The van der Waals surface area contributed by atoms with Gasteiger partial charge >= 0.3 is 0 Å². The van der Waals surface area contributed by atoms with Crippen molar-refractivity contribution in [1.82, 2.24) is 10.3 Å². The van der Waals surface area contributed by atoms with Gasteiger partial charge in [0.2, 0.25) is 5.51 Å². The fourth-order valence-corrected chi connectivity index (χ4v) is 7.30. The zero-order valence-corrected chi connectivity index (χ0v) is 36.1. The minimum Gasteiger partial charge on any atom is -0.744 e. The first-order valence-corrected chi connectivity index (χ1v) is 23.4. The van der Waals surface area contributed by atoms with E-state index in [1.807, 2.05) is 19.9 Å². The molecule has 0 spiro atoms. The van der Waals surface area contributed by atoms with E-state index in [4.69, 9.17) is 23.3 Å². The molecule has 0 aliphatic carbocycles. The summed E-state index contributed by atoms with van der Waals surface area (Å²) in [5, 5.41) is 20.5. The number of thiazole rings is 1. The molecule has 14 heteroatoms. The van der Waals surface area contributed by atoms with E-state index in [2.05, 4.69) is 38.9 Å². The first-order valence-electron chi connectivity index (χ1n) is 21.0. The number of hydrogen-bond acceptors (Lipinski definition) is 12. The maximum Gasteiger partial charge on any atom is 0.254 e. The third-order valence-corrected chi connectivity index (χ3v) is 11.1. The van der Waals surface area contributed by atoms with Crippen molar-refractivity contribution in [2.24, 2.45) is 0 Å². The Labute approximate surface area is 345 Å². The van der Waals surface area contributed by atoms with Crippen molar-refractivity contribution in [3.8, 4) is 11.8 Å². The number of hydrogen-bond donors (Lipinski definition) is 1. The van der Waals surface area contributed by atoms with Gasteiger partial charge in [-0.15, -0.1) is 0 Å². The van der Waals surface area contributed by atoms with Gasteiger partial charge in [0.25, 0.3) is 11.8 Å². The van der Waals surface area contributed by atoms with Crippen LogP contribution in [0.4, 0.5) is 0 Å². The molecule has 0 radical (unpaired) electrons. The number of unbranched alkanes of at least 4 members (excludes halogenated alkanes) is 15. The van der Waals surface area contributed by atoms with E-state index in [-0.39, 0.29) is 24.7 Å². The van der Waals surface area contributed by atoms with Crippen LogP contribution in [0.15, 0.2) is 67.4 Å². The van der Waals surface area contributed by atoms with Crippen LogP contribution in [0.25, 0.3) is 0 Å². The lowest BCUT2D eigenvalue weighted by atomic mass is 10.0. The van der Waals surface area contributed by atoms with Crippen LogP contribution in [0, 0.1) is 13.8 Å². The molecule has 1 aromatic carbocycles. The van der Waals surface area contributed by atoms with Crippen LogP contribution >= 0.6 is 11.3 Å². The van der Waals surface area contributed by atoms with Crippen molar-refractivity contribution in [1.29, 1.82) is 0 Å².